The number of amides is 2. The fraction of sp³-hybridized carbons (Fsp3) is 0.200. The van der Waals surface area contributed by atoms with Crippen LogP contribution in [0, 0.1) is 13.8 Å². The highest BCUT2D eigenvalue weighted by Crippen LogP contribution is 2.44. The number of likely N-dealkylation sites (N-methyl/N-ethyl adjacent to an activating group) is 1. The van der Waals surface area contributed by atoms with Crippen LogP contribution in [0.4, 0.5) is 5.69 Å². The van der Waals surface area contributed by atoms with Crippen molar-refractivity contribution in [2.24, 2.45) is 0 Å². The summed E-state index contributed by atoms with van der Waals surface area (Å²) in [5.74, 6) is 0.460. The molecule has 0 bridgehead atoms. The average Bonchev–Trinajstić information content (AvgIpc) is 2.74. The molecule has 0 spiro atoms. The number of fused-ring (bicyclic) bond motifs is 2. The van der Waals surface area contributed by atoms with E-state index >= 15 is 0 Å². The fourth-order valence-corrected chi connectivity index (χ4v) is 3.88. The second kappa shape index (κ2) is 8.03. The predicted molar refractivity (Wildman–Crippen MR) is 117 cm³/mol. The van der Waals surface area contributed by atoms with Crippen molar-refractivity contribution < 1.29 is 14.3 Å². The summed E-state index contributed by atoms with van der Waals surface area (Å²) in [5, 5.41) is 2.95. The highest BCUT2D eigenvalue weighted by atomic mass is 16.5. The number of nitrogens with zero attached hydrogens (tertiary/aromatic N) is 1. The molecule has 0 atom stereocenters. The van der Waals surface area contributed by atoms with Crippen LogP contribution in [0.5, 0.6) is 11.5 Å². The molecular weight excluding hydrogens is 376 g/mol. The number of carbonyl (C=O) groups excluding carboxylic acids is 2. The van der Waals surface area contributed by atoms with Gasteiger partial charge in [-0.3, -0.25) is 9.59 Å². The van der Waals surface area contributed by atoms with Gasteiger partial charge < -0.3 is 15.0 Å². The van der Waals surface area contributed by atoms with E-state index in [1.54, 1.807) is 7.05 Å². The number of aryl methyl sites for hydroxylation is 2. The SMILES string of the molecule is Cc1cccc(C)c1NC(=O)CN(C)C(=O)C1c2ccccc2Oc2ccccc21. The topological polar surface area (TPSA) is 58.6 Å². The van der Waals surface area contributed by atoms with Gasteiger partial charge in [-0.05, 0) is 37.1 Å². The van der Waals surface area contributed by atoms with Gasteiger partial charge in [0.1, 0.15) is 11.5 Å². The molecule has 0 aromatic heterocycles. The molecule has 5 nitrogen and oxygen atoms in total. The van der Waals surface area contributed by atoms with E-state index in [1.807, 2.05) is 80.6 Å². The Bertz CT molecular complexity index is 1060. The zero-order valence-corrected chi connectivity index (χ0v) is 17.3. The molecule has 1 aliphatic rings. The minimum atomic E-state index is -0.510. The van der Waals surface area contributed by atoms with E-state index in [2.05, 4.69) is 5.32 Å². The van der Waals surface area contributed by atoms with E-state index in [9.17, 15) is 9.59 Å². The van der Waals surface area contributed by atoms with Gasteiger partial charge in [0, 0.05) is 23.9 Å². The maximum absolute atomic E-state index is 13.4. The first-order chi connectivity index (χ1) is 14.5. The molecule has 1 aliphatic heterocycles. The number of hydrogen-bond acceptors (Lipinski definition) is 3. The summed E-state index contributed by atoms with van der Waals surface area (Å²) in [5.41, 5.74) is 4.39. The molecule has 0 saturated carbocycles. The molecule has 0 fully saturated rings. The number of para-hydroxylation sites is 3. The lowest BCUT2D eigenvalue weighted by atomic mass is 9.87. The Labute approximate surface area is 176 Å². The van der Waals surface area contributed by atoms with Gasteiger partial charge in [0.05, 0.1) is 12.5 Å². The van der Waals surface area contributed by atoms with Crippen LogP contribution in [0.3, 0.4) is 0 Å². The number of carbonyl (C=O) groups is 2. The summed E-state index contributed by atoms with van der Waals surface area (Å²) in [6.07, 6.45) is 0. The van der Waals surface area contributed by atoms with Gasteiger partial charge in [-0.1, -0.05) is 54.6 Å². The largest absolute Gasteiger partial charge is 0.457 e. The molecule has 3 aromatic rings. The van der Waals surface area contributed by atoms with E-state index < -0.39 is 5.92 Å². The first kappa shape index (κ1) is 19.7. The number of hydrogen-bond donors (Lipinski definition) is 1. The molecule has 0 saturated heterocycles. The number of benzene rings is 3. The van der Waals surface area contributed by atoms with Crippen LogP contribution >= 0.6 is 0 Å². The Hall–Kier alpha value is -3.60. The Morgan fingerprint density at radius 2 is 1.40 bits per heavy atom. The van der Waals surface area contributed by atoms with Gasteiger partial charge in [0.25, 0.3) is 0 Å². The van der Waals surface area contributed by atoms with Crippen molar-refractivity contribution in [2.45, 2.75) is 19.8 Å². The molecule has 4 rings (SSSR count). The number of nitrogens with one attached hydrogen (secondary N) is 1. The van der Waals surface area contributed by atoms with Gasteiger partial charge in [-0.15, -0.1) is 0 Å². The molecule has 2 amide bonds. The van der Waals surface area contributed by atoms with Crippen molar-refractivity contribution in [3.63, 3.8) is 0 Å². The predicted octanol–water partition coefficient (Wildman–Crippen LogP) is 4.64. The minimum absolute atomic E-state index is 0.0334. The quantitative estimate of drug-likeness (QED) is 0.694. The summed E-state index contributed by atoms with van der Waals surface area (Å²) in [6, 6.07) is 20.9. The number of anilines is 1. The molecule has 0 aliphatic carbocycles. The third kappa shape index (κ3) is 3.66. The third-order valence-electron chi connectivity index (χ3n) is 5.43. The Kier molecular flexibility index (Phi) is 5.27. The van der Waals surface area contributed by atoms with Crippen LogP contribution in [0.2, 0.25) is 0 Å². The molecule has 30 heavy (non-hydrogen) atoms. The van der Waals surface area contributed by atoms with Crippen molar-refractivity contribution in [2.75, 3.05) is 18.9 Å². The summed E-state index contributed by atoms with van der Waals surface area (Å²) >= 11 is 0. The summed E-state index contributed by atoms with van der Waals surface area (Å²) in [7, 11) is 1.66. The van der Waals surface area contributed by atoms with Crippen molar-refractivity contribution in [3.8, 4) is 11.5 Å². The van der Waals surface area contributed by atoms with Gasteiger partial charge >= 0.3 is 0 Å². The van der Waals surface area contributed by atoms with Crippen molar-refractivity contribution in [3.05, 3.63) is 89.0 Å². The second-order valence-electron chi connectivity index (χ2n) is 7.62. The van der Waals surface area contributed by atoms with E-state index in [0.717, 1.165) is 27.9 Å². The molecule has 5 heteroatoms. The number of ether oxygens (including phenoxy) is 1. The normalized spacial score (nSPS) is 12.4. The van der Waals surface area contributed by atoms with Crippen LogP contribution in [-0.2, 0) is 9.59 Å². The van der Waals surface area contributed by atoms with Crippen LogP contribution in [0.15, 0.2) is 66.7 Å². The lowest BCUT2D eigenvalue weighted by Crippen LogP contribution is -2.39. The van der Waals surface area contributed by atoms with Crippen LogP contribution in [-0.4, -0.2) is 30.3 Å². The standard InChI is InChI=1S/C25H24N2O3/c1-16-9-8-10-17(2)24(16)26-22(28)15-27(3)25(29)23-18-11-4-6-13-20(18)30-21-14-7-5-12-19(21)23/h4-14,23H,15H2,1-3H3,(H,26,28). The highest BCUT2D eigenvalue weighted by Gasteiger charge is 2.34. The molecule has 152 valence electrons. The number of rotatable bonds is 4. The first-order valence-electron chi connectivity index (χ1n) is 9.92. The van der Waals surface area contributed by atoms with Crippen molar-refractivity contribution in [1.82, 2.24) is 4.90 Å². The molecular formula is C25H24N2O3. The van der Waals surface area contributed by atoms with Crippen LogP contribution in [0.25, 0.3) is 0 Å². The molecule has 0 unspecified atom stereocenters. The van der Waals surface area contributed by atoms with E-state index in [0.29, 0.717) is 11.5 Å². The monoisotopic (exact) mass is 400 g/mol. The highest BCUT2D eigenvalue weighted by molar-refractivity contribution is 5.97. The fourth-order valence-electron chi connectivity index (χ4n) is 3.88. The zero-order valence-electron chi connectivity index (χ0n) is 17.3. The van der Waals surface area contributed by atoms with E-state index in [4.69, 9.17) is 4.74 Å². The smallest absolute Gasteiger partial charge is 0.243 e. The van der Waals surface area contributed by atoms with Crippen molar-refractivity contribution in [1.29, 1.82) is 0 Å². The summed E-state index contributed by atoms with van der Waals surface area (Å²) in [6.45, 7) is 3.87. The second-order valence-corrected chi connectivity index (χ2v) is 7.62. The van der Waals surface area contributed by atoms with Crippen LogP contribution < -0.4 is 10.1 Å². The van der Waals surface area contributed by atoms with Gasteiger partial charge in [-0.25, -0.2) is 0 Å². The Morgan fingerprint density at radius 1 is 0.867 bits per heavy atom. The molecule has 1 heterocycles. The van der Waals surface area contributed by atoms with Gasteiger partial charge in [-0.2, -0.15) is 0 Å². The summed E-state index contributed by atoms with van der Waals surface area (Å²) < 4.78 is 5.97. The lowest BCUT2D eigenvalue weighted by Gasteiger charge is -2.30. The van der Waals surface area contributed by atoms with E-state index in [-0.39, 0.29) is 18.4 Å². The Balaban J connectivity index is 1.57. The minimum Gasteiger partial charge on any atom is -0.457 e. The molecule has 3 aromatic carbocycles. The van der Waals surface area contributed by atoms with Gasteiger partial charge in [0.15, 0.2) is 0 Å². The van der Waals surface area contributed by atoms with Crippen LogP contribution in [0.1, 0.15) is 28.2 Å². The maximum Gasteiger partial charge on any atom is 0.243 e. The van der Waals surface area contributed by atoms with E-state index in [1.165, 1.54) is 4.90 Å². The summed E-state index contributed by atoms with van der Waals surface area (Å²) in [4.78, 5) is 27.6. The lowest BCUT2D eigenvalue weighted by molar-refractivity contribution is -0.134. The average molecular weight is 400 g/mol. The Morgan fingerprint density at radius 3 is 1.97 bits per heavy atom. The molecule has 0 radical (unpaired) electrons. The maximum atomic E-state index is 13.4. The molecule has 1 N–H and O–H groups in total. The first-order valence-corrected chi connectivity index (χ1v) is 9.92. The zero-order chi connectivity index (χ0) is 21.3. The van der Waals surface area contributed by atoms with Gasteiger partial charge in [0.2, 0.25) is 11.8 Å². The van der Waals surface area contributed by atoms with Crippen molar-refractivity contribution >= 4 is 17.5 Å². The third-order valence-corrected chi connectivity index (χ3v) is 5.43.